The van der Waals surface area contributed by atoms with E-state index in [0.717, 1.165) is 0 Å². The lowest BCUT2D eigenvalue weighted by Crippen LogP contribution is -2.34. The largest absolute Gasteiger partial charge is 0.491 e. The maximum absolute atomic E-state index is 11.5. The van der Waals surface area contributed by atoms with Crippen molar-refractivity contribution in [1.82, 2.24) is 10.3 Å². The second-order valence-electron chi connectivity index (χ2n) is 5.31. The maximum Gasteiger partial charge on any atom is 0.407 e. The number of carbonyl (C=O) groups is 2. The summed E-state index contributed by atoms with van der Waals surface area (Å²) in [4.78, 5) is 26.7. The molecule has 0 aromatic carbocycles. The molecule has 0 radical (unpaired) electrons. The third kappa shape index (κ3) is 5.99. The predicted molar refractivity (Wildman–Crippen MR) is 79.0 cm³/mol. The topological polar surface area (TPSA) is 77.5 Å². The number of carbonyl (C=O) groups excluding carboxylic acids is 2. The van der Waals surface area contributed by atoms with Gasteiger partial charge in [-0.3, -0.25) is 4.79 Å². The van der Waals surface area contributed by atoms with Crippen molar-refractivity contribution in [3.63, 3.8) is 0 Å². The minimum Gasteiger partial charge on any atom is -0.491 e. The second kappa shape index (κ2) is 7.26. The van der Waals surface area contributed by atoms with Gasteiger partial charge in [0.2, 0.25) is 0 Å². The van der Waals surface area contributed by atoms with Gasteiger partial charge in [0.05, 0.1) is 12.1 Å². The molecular weight excluding hydrogens is 296 g/mol. The molecule has 21 heavy (non-hydrogen) atoms. The zero-order valence-corrected chi connectivity index (χ0v) is 13.3. The lowest BCUT2D eigenvalue weighted by Gasteiger charge is -2.19. The van der Waals surface area contributed by atoms with Gasteiger partial charge in [-0.15, -0.1) is 0 Å². The van der Waals surface area contributed by atoms with Crippen LogP contribution in [0.4, 0.5) is 4.79 Å². The normalized spacial score (nSPS) is 10.9. The van der Waals surface area contributed by atoms with Crippen LogP contribution in [0.25, 0.3) is 0 Å². The molecule has 0 saturated heterocycles. The van der Waals surface area contributed by atoms with E-state index in [2.05, 4.69) is 10.3 Å². The highest BCUT2D eigenvalue weighted by Crippen LogP contribution is 2.24. The Morgan fingerprint density at radius 1 is 1.38 bits per heavy atom. The summed E-state index contributed by atoms with van der Waals surface area (Å²) in [7, 11) is 0. The number of hydrogen-bond donors (Lipinski definition) is 1. The number of rotatable bonds is 5. The zero-order valence-electron chi connectivity index (χ0n) is 12.5. The molecule has 1 heterocycles. The van der Waals surface area contributed by atoms with Crippen LogP contribution in [-0.2, 0) is 4.74 Å². The summed E-state index contributed by atoms with van der Waals surface area (Å²) >= 11 is 5.86. The number of halogens is 1. The molecule has 116 valence electrons. The van der Waals surface area contributed by atoms with Crippen LogP contribution in [0.3, 0.4) is 0 Å². The van der Waals surface area contributed by atoms with Gasteiger partial charge in [-0.25, -0.2) is 9.78 Å². The fourth-order valence-corrected chi connectivity index (χ4v) is 1.77. The van der Waals surface area contributed by atoms with Gasteiger partial charge < -0.3 is 14.8 Å². The van der Waals surface area contributed by atoms with Crippen molar-refractivity contribution in [3.8, 4) is 5.75 Å². The highest BCUT2D eigenvalue weighted by Gasteiger charge is 2.16. The van der Waals surface area contributed by atoms with Crippen LogP contribution < -0.4 is 10.1 Å². The number of Topliss-reactive ketones (excluding diaryl/α,β-unsaturated/α-hetero) is 1. The third-order valence-corrected chi connectivity index (χ3v) is 2.53. The molecule has 1 aromatic rings. The molecule has 0 aliphatic rings. The average Bonchev–Trinajstić information content (AvgIpc) is 2.32. The average molecular weight is 315 g/mol. The number of amides is 1. The van der Waals surface area contributed by atoms with Crippen molar-refractivity contribution >= 4 is 23.5 Å². The highest BCUT2D eigenvalue weighted by molar-refractivity contribution is 6.33. The van der Waals surface area contributed by atoms with Crippen LogP contribution in [0.2, 0.25) is 5.15 Å². The highest BCUT2D eigenvalue weighted by atomic mass is 35.5. The molecule has 1 aromatic heterocycles. The smallest absolute Gasteiger partial charge is 0.407 e. The Morgan fingerprint density at radius 3 is 2.62 bits per heavy atom. The van der Waals surface area contributed by atoms with Crippen molar-refractivity contribution in [2.45, 2.75) is 33.3 Å². The number of ether oxygens (including phenoxy) is 2. The van der Waals surface area contributed by atoms with E-state index in [0.29, 0.717) is 5.75 Å². The molecule has 0 spiro atoms. The van der Waals surface area contributed by atoms with Gasteiger partial charge in [0, 0.05) is 6.20 Å². The van der Waals surface area contributed by atoms with E-state index in [-0.39, 0.29) is 29.7 Å². The molecule has 0 saturated carbocycles. The predicted octanol–water partition coefficient (Wildman–Crippen LogP) is 2.84. The lowest BCUT2D eigenvalue weighted by atomic mass is 10.2. The van der Waals surface area contributed by atoms with Gasteiger partial charge in [0.25, 0.3) is 0 Å². The number of pyridine rings is 1. The van der Waals surface area contributed by atoms with Crippen LogP contribution in [0.1, 0.15) is 38.1 Å². The Labute approximate surface area is 128 Å². The molecule has 1 N–H and O–H groups in total. The Morgan fingerprint density at radius 2 is 2.05 bits per heavy atom. The summed E-state index contributed by atoms with van der Waals surface area (Å²) in [6.45, 7) is 7.14. The van der Waals surface area contributed by atoms with Crippen molar-refractivity contribution in [2.24, 2.45) is 0 Å². The molecular formula is C14H19ClN2O4. The number of hydrogen-bond acceptors (Lipinski definition) is 5. The molecule has 1 amide bonds. The molecule has 0 bridgehead atoms. The molecule has 6 nitrogen and oxygen atoms in total. The van der Waals surface area contributed by atoms with E-state index < -0.39 is 11.7 Å². The number of alkyl carbamates (subject to hydrolysis) is 1. The summed E-state index contributed by atoms with van der Waals surface area (Å²) in [5, 5.41) is 2.65. The van der Waals surface area contributed by atoms with Crippen LogP contribution in [-0.4, -0.2) is 35.6 Å². The Balaban J connectivity index is 2.49. The van der Waals surface area contributed by atoms with Gasteiger partial charge in [0.15, 0.2) is 5.78 Å². The van der Waals surface area contributed by atoms with Crippen molar-refractivity contribution in [3.05, 3.63) is 23.0 Å². The van der Waals surface area contributed by atoms with Crippen LogP contribution >= 0.6 is 11.6 Å². The van der Waals surface area contributed by atoms with Gasteiger partial charge in [-0.2, -0.15) is 0 Å². The number of ketones is 1. The summed E-state index contributed by atoms with van der Waals surface area (Å²) in [5.41, 5.74) is -0.317. The SMILES string of the molecule is CC(=O)c1c(OCCNC(=O)OC(C)(C)C)ccnc1Cl. The van der Waals surface area contributed by atoms with E-state index in [4.69, 9.17) is 21.1 Å². The van der Waals surface area contributed by atoms with Gasteiger partial charge >= 0.3 is 6.09 Å². The maximum atomic E-state index is 11.5. The fourth-order valence-electron chi connectivity index (χ4n) is 1.49. The van der Waals surface area contributed by atoms with Gasteiger partial charge in [-0.1, -0.05) is 11.6 Å². The van der Waals surface area contributed by atoms with Crippen molar-refractivity contribution in [2.75, 3.05) is 13.2 Å². The lowest BCUT2D eigenvalue weighted by molar-refractivity contribution is 0.0519. The zero-order chi connectivity index (χ0) is 16.0. The van der Waals surface area contributed by atoms with Crippen LogP contribution in [0.5, 0.6) is 5.75 Å². The van der Waals surface area contributed by atoms with E-state index in [1.807, 2.05) is 0 Å². The fraction of sp³-hybridized carbons (Fsp3) is 0.500. The molecule has 0 unspecified atom stereocenters. The quantitative estimate of drug-likeness (QED) is 0.513. The Bertz CT molecular complexity index is 526. The van der Waals surface area contributed by atoms with Gasteiger partial charge in [-0.05, 0) is 33.8 Å². The Kier molecular flexibility index (Phi) is 5.96. The standard InChI is InChI=1S/C14H19ClN2O4/c1-9(18)11-10(5-6-16-12(11)15)20-8-7-17-13(19)21-14(2,3)4/h5-6H,7-8H2,1-4H3,(H,17,19). The van der Waals surface area contributed by atoms with E-state index in [9.17, 15) is 9.59 Å². The van der Waals surface area contributed by atoms with E-state index in [1.54, 1.807) is 26.8 Å². The minimum absolute atomic E-state index is 0.0973. The first-order valence-corrected chi connectivity index (χ1v) is 6.83. The molecule has 0 atom stereocenters. The third-order valence-electron chi connectivity index (χ3n) is 2.25. The first-order valence-electron chi connectivity index (χ1n) is 6.46. The summed E-state index contributed by atoms with van der Waals surface area (Å²) in [5.74, 6) is 0.108. The molecule has 7 heteroatoms. The number of nitrogens with zero attached hydrogens (tertiary/aromatic N) is 1. The van der Waals surface area contributed by atoms with Crippen LogP contribution in [0.15, 0.2) is 12.3 Å². The molecule has 0 aliphatic heterocycles. The monoisotopic (exact) mass is 314 g/mol. The van der Waals surface area contributed by atoms with Crippen molar-refractivity contribution in [1.29, 1.82) is 0 Å². The molecule has 0 aliphatic carbocycles. The van der Waals surface area contributed by atoms with E-state index in [1.165, 1.54) is 13.1 Å². The van der Waals surface area contributed by atoms with E-state index >= 15 is 0 Å². The van der Waals surface area contributed by atoms with Crippen LogP contribution in [0, 0.1) is 0 Å². The second-order valence-corrected chi connectivity index (χ2v) is 5.67. The Hall–Kier alpha value is -1.82. The summed E-state index contributed by atoms with van der Waals surface area (Å²) < 4.78 is 10.5. The molecule has 1 rings (SSSR count). The van der Waals surface area contributed by atoms with Crippen molar-refractivity contribution < 1.29 is 19.1 Å². The molecule has 0 fully saturated rings. The number of nitrogens with one attached hydrogen (secondary N) is 1. The minimum atomic E-state index is -0.550. The first-order chi connectivity index (χ1) is 9.70. The number of aromatic nitrogens is 1. The van der Waals surface area contributed by atoms with Gasteiger partial charge in [0.1, 0.15) is 23.1 Å². The first kappa shape index (κ1) is 17.2. The summed E-state index contributed by atoms with van der Waals surface area (Å²) in [6.07, 6.45) is 0.927. The summed E-state index contributed by atoms with van der Waals surface area (Å²) in [6, 6.07) is 1.55.